The van der Waals surface area contributed by atoms with Crippen LogP contribution in [0.15, 0.2) is 48.9 Å². The largest absolute Gasteiger partial charge is 0.306 e. The number of aromatic nitrogens is 3. The first-order chi connectivity index (χ1) is 14.3. The quantitative estimate of drug-likeness (QED) is 0.155. The van der Waals surface area contributed by atoms with E-state index in [-0.39, 0.29) is 0 Å². The van der Waals surface area contributed by atoms with E-state index in [0.29, 0.717) is 0 Å². The third-order valence-corrected chi connectivity index (χ3v) is 8.95. The highest BCUT2D eigenvalue weighted by Gasteiger charge is 2.26. The van der Waals surface area contributed by atoms with E-state index in [1.165, 1.54) is 65.3 Å². The Kier molecular flexibility index (Phi) is 3.32. The van der Waals surface area contributed by atoms with Crippen LogP contribution in [0.2, 0.25) is 19.6 Å². The number of rotatable bonds is 1. The summed E-state index contributed by atoms with van der Waals surface area (Å²) in [4.78, 5) is 4.51. The predicted octanol–water partition coefficient (Wildman–Crippen LogP) is 5.37. The van der Waals surface area contributed by atoms with E-state index in [9.17, 15) is 0 Å². The van der Waals surface area contributed by atoms with Crippen molar-refractivity contribution in [1.82, 2.24) is 9.38 Å². The van der Waals surface area contributed by atoms with Crippen LogP contribution in [-0.2, 0) is 7.05 Å². The number of pyridine rings is 3. The van der Waals surface area contributed by atoms with E-state index in [0.717, 1.165) is 0 Å². The number of hydrogen-bond acceptors (Lipinski definition) is 1. The lowest BCUT2D eigenvalue weighted by Gasteiger charge is -2.20. The number of fused-ring (bicyclic) bond motifs is 5. The van der Waals surface area contributed by atoms with Crippen molar-refractivity contribution in [3.63, 3.8) is 0 Å². The highest BCUT2D eigenvalue weighted by Crippen LogP contribution is 2.41. The maximum Gasteiger partial charge on any atom is 0.224 e. The molecule has 0 atom stereocenters. The lowest BCUT2D eigenvalue weighted by atomic mass is 9.97. The molecule has 148 valence electrons. The van der Waals surface area contributed by atoms with Gasteiger partial charge in [-0.15, -0.1) is 0 Å². The van der Waals surface area contributed by atoms with Gasteiger partial charge in [-0.3, -0.25) is 4.98 Å². The van der Waals surface area contributed by atoms with Crippen molar-refractivity contribution >= 4 is 62.3 Å². The molecule has 2 aromatic carbocycles. The van der Waals surface area contributed by atoms with Gasteiger partial charge in [-0.25, -0.2) is 4.57 Å². The predicted molar refractivity (Wildman–Crippen MR) is 130 cm³/mol. The summed E-state index contributed by atoms with van der Waals surface area (Å²) in [6.07, 6.45) is 6.17. The van der Waals surface area contributed by atoms with E-state index in [1.54, 1.807) is 0 Å². The van der Waals surface area contributed by atoms with Crippen LogP contribution in [0.5, 0.6) is 0 Å². The maximum absolute atomic E-state index is 4.51. The van der Waals surface area contributed by atoms with Crippen LogP contribution in [0.4, 0.5) is 0 Å². The highest BCUT2D eigenvalue weighted by molar-refractivity contribution is 6.89. The monoisotopic (exact) mass is 408 g/mol. The van der Waals surface area contributed by atoms with Gasteiger partial charge in [0.25, 0.3) is 0 Å². The highest BCUT2D eigenvalue weighted by atomic mass is 28.3. The zero-order valence-corrected chi connectivity index (χ0v) is 19.5. The zero-order chi connectivity index (χ0) is 20.9. The topological polar surface area (TPSA) is 21.2 Å². The van der Waals surface area contributed by atoms with Crippen LogP contribution in [0.25, 0.3) is 49.0 Å². The Labute approximate surface area is 176 Å². The molecule has 0 amide bonds. The Morgan fingerprint density at radius 1 is 0.933 bits per heavy atom. The summed E-state index contributed by atoms with van der Waals surface area (Å²) in [5, 5.41) is 8.16. The average molecular weight is 409 g/mol. The van der Waals surface area contributed by atoms with E-state index in [2.05, 4.69) is 91.0 Å². The molecular weight excluding hydrogens is 382 g/mol. The summed E-state index contributed by atoms with van der Waals surface area (Å²) >= 11 is 0. The first-order valence-electron chi connectivity index (χ1n) is 10.6. The third kappa shape index (κ3) is 2.09. The first kappa shape index (κ1) is 17.8. The average Bonchev–Trinajstić information content (AvgIpc) is 3.03. The molecule has 0 unspecified atom stereocenters. The second-order valence-corrected chi connectivity index (χ2v) is 14.9. The Balaban J connectivity index is 2.09. The Bertz CT molecular complexity index is 1650. The third-order valence-electron chi connectivity index (χ3n) is 6.93. The molecule has 4 heteroatoms. The summed E-state index contributed by atoms with van der Waals surface area (Å²) in [6, 6.07) is 11.7. The minimum absolute atomic E-state index is 1.20. The SMILES string of the molecule is Cc1cc2c3ccncc3n3c4cc([Si](C)(C)C)cc5cc[n+](C)c(c(c1C)c23)c54. The summed E-state index contributed by atoms with van der Waals surface area (Å²) in [6.45, 7) is 11.8. The molecule has 6 aromatic rings. The van der Waals surface area contributed by atoms with E-state index in [1.807, 2.05) is 12.4 Å². The summed E-state index contributed by atoms with van der Waals surface area (Å²) in [5.74, 6) is 0. The number of hydrogen-bond donors (Lipinski definition) is 0. The van der Waals surface area contributed by atoms with Gasteiger partial charge in [-0.2, -0.15) is 0 Å². The molecule has 0 spiro atoms. The lowest BCUT2D eigenvalue weighted by molar-refractivity contribution is -0.643. The van der Waals surface area contributed by atoms with Crippen LogP contribution in [0.1, 0.15) is 11.1 Å². The standard InChI is InChI=1S/C26H26N3Si/c1-15-11-20-19-7-9-27-14-22(19)29-21-13-18(30(4,5)6)12-17-8-10-28(3)26(24(17)21)23(16(15)2)25(20)29/h7-14H,1-6H3/q+1. The number of benzene rings is 2. The molecule has 0 aliphatic heterocycles. The van der Waals surface area contributed by atoms with Crippen LogP contribution in [0.3, 0.4) is 0 Å². The molecule has 0 fully saturated rings. The fourth-order valence-corrected chi connectivity index (χ4v) is 6.34. The van der Waals surface area contributed by atoms with Crippen molar-refractivity contribution in [2.24, 2.45) is 7.05 Å². The second kappa shape index (κ2) is 5.58. The van der Waals surface area contributed by atoms with Gasteiger partial charge in [0, 0.05) is 23.0 Å². The van der Waals surface area contributed by atoms with Crippen LogP contribution in [0, 0.1) is 13.8 Å². The van der Waals surface area contributed by atoms with Crippen molar-refractivity contribution in [2.45, 2.75) is 33.5 Å². The fourth-order valence-electron chi connectivity index (χ4n) is 5.18. The molecule has 0 saturated heterocycles. The van der Waals surface area contributed by atoms with E-state index in [4.69, 9.17) is 0 Å². The van der Waals surface area contributed by atoms with Gasteiger partial charge < -0.3 is 4.40 Å². The Morgan fingerprint density at radius 2 is 1.73 bits per heavy atom. The van der Waals surface area contributed by atoms with Gasteiger partial charge in [-0.1, -0.05) is 30.9 Å². The molecule has 0 saturated carbocycles. The van der Waals surface area contributed by atoms with E-state index < -0.39 is 8.07 Å². The van der Waals surface area contributed by atoms with Crippen LogP contribution >= 0.6 is 0 Å². The van der Waals surface area contributed by atoms with Gasteiger partial charge in [0.05, 0.1) is 41.6 Å². The van der Waals surface area contributed by atoms with Gasteiger partial charge in [0.15, 0.2) is 6.20 Å². The molecule has 0 aliphatic carbocycles. The summed E-state index contributed by atoms with van der Waals surface area (Å²) in [7, 11) is 0.696. The van der Waals surface area contributed by atoms with Gasteiger partial charge in [-0.05, 0) is 48.6 Å². The van der Waals surface area contributed by atoms with Gasteiger partial charge >= 0.3 is 0 Å². The van der Waals surface area contributed by atoms with Gasteiger partial charge in [0.2, 0.25) is 5.52 Å². The Hall–Kier alpha value is -2.98. The van der Waals surface area contributed by atoms with Crippen molar-refractivity contribution in [3.05, 3.63) is 60.0 Å². The fraction of sp³-hybridized carbons (Fsp3) is 0.231. The van der Waals surface area contributed by atoms with E-state index >= 15 is 0 Å². The minimum atomic E-state index is -1.48. The minimum Gasteiger partial charge on any atom is -0.306 e. The molecule has 0 aliphatic rings. The molecule has 0 N–H and O–H groups in total. The maximum atomic E-state index is 4.51. The Morgan fingerprint density at radius 3 is 2.50 bits per heavy atom. The number of nitrogens with zero attached hydrogens (tertiary/aromatic N) is 3. The number of aryl methyl sites for hydroxylation is 3. The summed E-state index contributed by atoms with van der Waals surface area (Å²) in [5.41, 5.74) is 7.86. The molecule has 0 radical (unpaired) electrons. The molecule has 6 rings (SSSR count). The molecule has 4 aromatic heterocycles. The van der Waals surface area contributed by atoms with Crippen LogP contribution in [-0.4, -0.2) is 17.5 Å². The van der Waals surface area contributed by atoms with Crippen molar-refractivity contribution < 1.29 is 4.57 Å². The zero-order valence-electron chi connectivity index (χ0n) is 18.5. The summed E-state index contributed by atoms with van der Waals surface area (Å²) < 4.78 is 4.79. The van der Waals surface area contributed by atoms with Gasteiger partial charge in [0.1, 0.15) is 7.05 Å². The van der Waals surface area contributed by atoms with Crippen molar-refractivity contribution in [1.29, 1.82) is 0 Å². The second-order valence-electron chi connectivity index (χ2n) is 9.80. The normalized spacial score (nSPS) is 13.0. The molecular formula is C26H26N3Si+. The molecule has 3 nitrogen and oxygen atoms in total. The van der Waals surface area contributed by atoms with Crippen LogP contribution < -0.4 is 9.75 Å². The molecule has 4 heterocycles. The first-order valence-corrected chi connectivity index (χ1v) is 14.1. The smallest absolute Gasteiger partial charge is 0.224 e. The lowest BCUT2D eigenvalue weighted by Crippen LogP contribution is -2.38. The van der Waals surface area contributed by atoms with Crippen molar-refractivity contribution in [2.75, 3.05) is 0 Å². The van der Waals surface area contributed by atoms with Crippen molar-refractivity contribution in [3.8, 4) is 0 Å². The molecule has 30 heavy (non-hydrogen) atoms. The molecule has 0 bridgehead atoms.